The summed E-state index contributed by atoms with van der Waals surface area (Å²) >= 11 is 0. The van der Waals surface area contributed by atoms with E-state index in [9.17, 15) is 4.79 Å². The molecule has 2 aromatic heterocycles. The summed E-state index contributed by atoms with van der Waals surface area (Å²) in [5, 5.41) is 11.8. The molecule has 1 atom stereocenters. The van der Waals surface area contributed by atoms with Crippen LogP contribution in [0.5, 0.6) is 0 Å². The number of amides is 1. The van der Waals surface area contributed by atoms with Crippen LogP contribution in [-0.2, 0) is 11.3 Å². The van der Waals surface area contributed by atoms with Crippen molar-refractivity contribution in [3.05, 3.63) is 30.7 Å². The van der Waals surface area contributed by atoms with Crippen LogP contribution in [0.1, 0.15) is 44.6 Å². The quantitative estimate of drug-likeness (QED) is 0.875. The number of anilines is 1. The predicted octanol–water partition coefficient (Wildman–Crippen LogP) is 2.30. The van der Waals surface area contributed by atoms with Gasteiger partial charge >= 0.3 is 0 Å². The zero-order chi connectivity index (χ0) is 17.1. The van der Waals surface area contributed by atoms with Crippen LogP contribution in [0, 0.1) is 0 Å². The molecule has 1 saturated carbocycles. The van der Waals surface area contributed by atoms with E-state index in [1.807, 2.05) is 27.7 Å². The highest BCUT2D eigenvalue weighted by Crippen LogP contribution is 2.31. The summed E-state index contributed by atoms with van der Waals surface area (Å²) in [6.45, 7) is 2.25. The van der Waals surface area contributed by atoms with Gasteiger partial charge in [-0.25, -0.2) is 4.68 Å². The van der Waals surface area contributed by atoms with Gasteiger partial charge in [-0.3, -0.25) is 14.4 Å². The normalized spacial score (nSPS) is 21.8. The van der Waals surface area contributed by atoms with Crippen LogP contribution in [-0.4, -0.2) is 49.5 Å². The molecular formula is C18H26N6O. The third-order valence-corrected chi connectivity index (χ3v) is 5.41. The van der Waals surface area contributed by atoms with Gasteiger partial charge in [0.2, 0.25) is 5.91 Å². The number of hydrogen-bond acceptors (Lipinski definition) is 4. The Morgan fingerprint density at radius 1 is 1.16 bits per heavy atom. The molecule has 7 nitrogen and oxygen atoms in total. The molecule has 2 aromatic rings. The highest BCUT2D eigenvalue weighted by atomic mass is 16.2. The molecule has 1 unspecified atom stereocenters. The molecule has 3 heterocycles. The monoisotopic (exact) mass is 342 g/mol. The van der Waals surface area contributed by atoms with Crippen molar-refractivity contribution in [3.8, 4) is 0 Å². The number of hydrogen-bond donors (Lipinski definition) is 1. The van der Waals surface area contributed by atoms with Crippen LogP contribution < -0.4 is 5.32 Å². The van der Waals surface area contributed by atoms with E-state index < -0.39 is 0 Å². The molecule has 7 heteroatoms. The highest BCUT2D eigenvalue weighted by molar-refractivity contribution is 5.91. The van der Waals surface area contributed by atoms with Crippen molar-refractivity contribution < 1.29 is 4.79 Å². The van der Waals surface area contributed by atoms with E-state index >= 15 is 0 Å². The number of carbonyl (C=O) groups is 1. The van der Waals surface area contributed by atoms with Crippen molar-refractivity contribution in [2.75, 3.05) is 18.4 Å². The largest absolute Gasteiger partial charge is 0.310 e. The van der Waals surface area contributed by atoms with E-state index in [0.717, 1.165) is 44.6 Å². The topological polar surface area (TPSA) is 68.0 Å². The van der Waals surface area contributed by atoms with E-state index in [1.165, 1.54) is 12.8 Å². The Morgan fingerprint density at radius 3 is 2.84 bits per heavy atom. The molecule has 2 fully saturated rings. The minimum atomic E-state index is 0.0483. The number of nitrogens with one attached hydrogen (secondary N) is 1. The maximum atomic E-state index is 12.6. The Hall–Kier alpha value is -2.15. The molecule has 0 radical (unpaired) electrons. The lowest BCUT2D eigenvalue weighted by atomic mass is 10.2. The first-order chi connectivity index (χ1) is 12.3. The summed E-state index contributed by atoms with van der Waals surface area (Å²) in [4.78, 5) is 14.8. The van der Waals surface area contributed by atoms with E-state index in [0.29, 0.717) is 18.6 Å². The third-order valence-electron chi connectivity index (χ3n) is 5.41. The molecule has 1 N–H and O–H groups in total. The van der Waals surface area contributed by atoms with Crippen LogP contribution >= 0.6 is 0 Å². The predicted molar refractivity (Wildman–Crippen MR) is 95.2 cm³/mol. The smallest absolute Gasteiger partial charge is 0.239 e. The number of likely N-dealkylation sites (tertiary alicyclic amines) is 1. The summed E-state index contributed by atoms with van der Waals surface area (Å²) in [5.41, 5.74) is 0. The molecule has 0 bridgehead atoms. The molecule has 1 saturated heterocycles. The van der Waals surface area contributed by atoms with Gasteiger partial charge in [-0.1, -0.05) is 12.8 Å². The van der Waals surface area contributed by atoms with Crippen molar-refractivity contribution in [3.63, 3.8) is 0 Å². The van der Waals surface area contributed by atoms with Gasteiger partial charge in [0.05, 0.1) is 25.3 Å². The van der Waals surface area contributed by atoms with Crippen molar-refractivity contribution in [2.24, 2.45) is 0 Å². The second kappa shape index (κ2) is 7.39. The molecule has 1 aliphatic heterocycles. The maximum absolute atomic E-state index is 12.6. The Bertz CT molecular complexity index is 688. The average molecular weight is 342 g/mol. The van der Waals surface area contributed by atoms with Crippen LogP contribution in [0.25, 0.3) is 0 Å². The van der Waals surface area contributed by atoms with Crippen LogP contribution in [0.4, 0.5) is 5.82 Å². The summed E-state index contributed by atoms with van der Waals surface area (Å²) < 4.78 is 3.95. The molecule has 134 valence electrons. The Kier molecular flexibility index (Phi) is 4.83. The van der Waals surface area contributed by atoms with E-state index in [-0.39, 0.29) is 5.91 Å². The van der Waals surface area contributed by atoms with Crippen LogP contribution in [0.3, 0.4) is 0 Å². The SMILES string of the molecule is O=C(CN1CCCC1Cn1cccn1)Nc1ccnn1C1CCCC1. The van der Waals surface area contributed by atoms with Crippen LogP contribution in [0.15, 0.2) is 30.7 Å². The average Bonchev–Trinajstić information content (AvgIpc) is 3.35. The Labute approximate surface area is 148 Å². The van der Waals surface area contributed by atoms with Crippen molar-refractivity contribution in [2.45, 2.75) is 57.2 Å². The minimum absolute atomic E-state index is 0.0483. The number of aromatic nitrogens is 4. The summed E-state index contributed by atoms with van der Waals surface area (Å²) in [7, 11) is 0. The first-order valence-corrected chi connectivity index (χ1v) is 9.34. The minimum Gasteiger partial charge on any atom is -0.310 e. The Balaban J connectivity index is 1.35. The van der Waals surface area contributed by atoms with Crippen molar-refractivity contribution in [1.29, 1.82) is 0 Å². The molecule has 1 aliphatic carbocycles. The van der Waals surface area contributed by atoms with E-state index in [2.05, 4.69) is 20.4 Å². The third kappa shape index (κ3) is 3.76. The zero-order valence-electron chi connectivity index (χ0n) is 14.5. The van der Waals surface area contributed by atoms with Crippen molar-refractivity contribution in [1.82, 2.24) is 24.5 Å². The summed E-state index contributed by atoms with van der Waals surface area (Å²) in [6, 6.07) is 4.66. The van der Waals surface area contributed by atoms with Gasteiger partial charge in [0.15, 0.2) is 0 Å². The van der Waals surface area contributed by atoms with Gasteiger partial charge in [-0.05, 0) is 38.3 Å². The molecule has 0 aromatic carbocycles. The van der Waals surface area contributed by atoms with Gasteiger partial charge in [0.25, 0.3) is 0 Å². The van der Waals surface area contributed by atoms with Gasteiger partial charge in [0, 0.05) is 24.5 Å². The molecule has 25 heavy (non-hydrogen) atoms. The zero-order valence-corrected chi connectivity index (χ0v) is 14.5. The molecule has 2 aliphatic rings. The molecule has 4 rings (SSSR count). The molecule has 0 spiro atoms. The first-order valence-electron chi connectivity index (χ1n) is 9.34. The van der Waals surface area contributed by atoms with Gasteiger partial charge in [0.1, 0.15) is 5.82 Å². The van der Waals surface area contributed by atoms with Gasteiger partial charge in [-0.2, -0.15) is 10.2 Å². The fourth-order valence-electron chi connectivity index (χ4n) is 4.15. The van der Waals surface area contributed by atoms with Crippen LogP contribution in [0.2, 0.25) is 0 Å². The van der Waals surface area contributed by atoms with E-state index in [4.69, 9.17) is 0 Å². The maximum Gasteiger partial charge on any atom is 0.239 e. The number of nitrogens with zero attached hydrogens (tertiary/aromatic N) is 5. The lowest BCUT2D eigenvalue weighted by Crippen LogP contribution is -2.39. The fourth-order valence-corrected chi connectivity index (χ4v) is 4.15. The highest BCUT2D eigenvalue weighted by Gasteiger charge is 2.27. The lowest BCUT2D eigenvalue weighted by Gasteiger charge is -2.24. The molecular weight excluding hydrogens is 316 g/mol. The fraction of sp³-hybridized carbons (Fsp3) is 0.611. The Morgan fingerprint density at radius 2 is 2.04 bits per heavy atom. The lowest BCUT2D eigenvalue weighted by molar-refractivity contribution is -0.117. The van der Waals surface area contributed by atoms with E-state index in [1.54, 1.807) is 12.4 Å². The second-order valence-corrected chi connectivity index (χ2v) is 7.14. The van der Waals surface area contributed by atoms with Gasteiger partial charge < -0.3 is 5.32 Å². The summed E-state index contributed by atoms with van der Waals surface area (Å²) in [6.07, 6.45) is 12.6. The summed E-state index contributed by atoms with van der Waals surface area (Å²) in [5.74, 6) is 0.881. The van der Waals surface area contributed by atoms with Crippen molar-refractivity contribution >= 4 is 11.7 Å². The number of rotatable bonds is 6. The standard InChI is InChI=1S/C18H26N6O/c25-18(21-17-8-10-20-24(17)15-5-1-2-6-15)14-22-11-3-7-16(22)13-23-12-4-9-19-23/h4,8-10,12,15-16H,1-3,5-7,11,13-14H2,(H,21,25). The number of carbonyl (C=O) groups excluding carboxylic acids is 1. The molecule has 1 amide bonds. The van der Waals surface area contributed by atoms with Gasteiger partial charge in [-0.15, -0.1) is 0 Å². The second-order valence-electron chi connectivity index (χ2n) is 7.14. The first kappa shape index (κ1) is 16.3.